The van der Waals surface area contributed by atoms with Gasteiger partial charge in [-0.2, -0.15) is 0 Å². The van der Waals surface area contributed by atoms with E-state index in [1.165, 1.54) is 0 Å². The van der Waals surface area contributed by atoms with Gasteiger partial charge in [0.1, 0.15) is 17.6 Å². The van der Waals surface area contributed by atoms with E-state index in [0.717, 1.165) is 0 Å². The summed E-state index contributed by atoms with van der Waals surface area (Å²) in [5.41, 5.74) is 2.44. The zero-order chi connectivity index (χ0) is 22.1. The van der Waals surface area contributed by atoms with Gasteiger partial charge in [-0.3, -0.25) is 14.9 Å². The normalized spacial score (nSPS) is 18.2. The van der Waals surface area contributed by atoms with Crippen LogP contribution in [0.15, 0.2) is 65.3 Å². The molecule has 2 aliphatic rings. The summed E-state index contributed by atoms with van der Waals surface area (Å²) in [4.78, 5) is 28.5. The molecule has 1 atom stereocenters. The lowest BCUT2D eigenvalue weighted by molar-refractivity contribution is -0.384. The van der Waals surface area contributed by atoms with Gasteiger partial charge in [0.25, 0.3) is 11.6 Å². The third kappa shape index (κ3) is 3.67. The fraction of sp³-hybridized carbons (Fsp3) is 0.261. The molecule has 3 aromatic rings. The Bertz CT molecular complexity index is 1140. The first kappa shape index (κ1) is 20.1. The van der Waals surface area contributed by atoms with Gasteiger partial charge in [0, 0.05) is 30.4 Å². The van der Waals surface area contributed by atoms with Gasteiger partial charge in [0.2, 0.25) is 0 Å². The number of hydrogen-bond donors (Lipinski definition) is 1. The highest BCUT2D eigenvalue weighted by atomic mass is 16.6. The van der Waals surface area contributed by atoms with Crippen LogP contribution >= 0.6 is 0 Å². The zero-order valence-electron chi connectivity index (χ0n) is 17.3. The van der Waals surface area contributed by atoms with Gasteiger partial charge in [0.05, 0.1) is 36.5 Å². The molecule has 9 heteroatoms. The van der Waals surface area contributed by atoms with Gasteiger partial charge in [-0.05, 0) is 30.3 Å². The Balaban J connectivity index is 1.55. The topological polar surface area (TPSA) is 101 Å². The number of fused-ring (bicyclic) bond motifs is 1. The highest BCUT2D eigenvalue weighted by molar-refractivity contribution is 6.01. The minimum atomic E-state index is -0.583. The van der Waals surface area contributed by atoms with Crippen LogP contribution in [0, 0.1) is 10.1 Å². The molecule has 0 unspecified atom stereocenters. The minimum absolute atomic E-state index is 0.00968. The van der Waals surface area contributed by atoms with Crippen LogP contribution in [0.2, 0.25) is 0 Å². The minimum Gasteiger partial charge on any atom is -0.467 e. The standard InChI is InChI=1S/C23H22N4O5/c28-23-18-5-1-2-6-19(18)24-22(26(23)15-17-4-3-11-32-17)16-7-8-20(21(14-16)27(29)30)25-9-12-31-13-10-25/h1-8,11,14,22,24H,9-10,12-13,15H2/t22-/m1/s1. The Morgan fingerprint density at radius 3 is 2.66 bits per heavy atom. The second kappa shape index (κ2) is 8.35. The van der Waals surface area contributed by atoms with Gasteiger partial charge in [0.15, 0.2) is 0 Å². The van der Waals surface area contributed by atoms with Crippen LogP contribution in [0.3, 0.4) is 0 Å². The summed E-state index contributed by atoms with van der Waals surface area (Å²) in [7, 11) is 0. The maximum atomic E-state index is 13.3. The van der Waals surface area contributed by atoms with Crippen molar-refractivity contribution < 1.29 is 18.9 Å². The van der Waals surface area contributed by atoms with E-state index in [2.05, 4.69) is 5.32 Å². The van der Waals surface area contributed by atoms with Crippen molar-refractivity contribution in [1.82, 2.24) is 4.90 Å². The molecule has 1 N–H and O–H groups in total. The number of nitro groups is 1. The Kier molecular flexibility index (Phi) is 5.24. The van der Waals surface area contributed by atoms with E-state index < -0.39 is 6.17 Å². The number of furan rings is 1. The van der Waals surface area contributed by atoms with Crippen molar-refractivity contribution in [3.63, 3.8) is 0 Å². The van der Waals surface area contributed by atoms with Gasteiger partial charge >= 0.3 is 0 Å². The largest absolute Gasteiger partial charge is 0.467 e. The number of carbonyl (C=O) groups is 1. The molecule has 0 radical (unpaired) electrons. The summed E-state index contributed by atoms with van der Waals surface area (Å²) in [5.74, 6) is 0.463. The number of nitro benzene ring substituents is 1. The van der Waals surface area contributed by atoms with E-state index in [-0.39, 0.29) is 23.1 Å². The average Bonchev–Trinajstić information content (AvgIpc) is 3.34. The monoisotopic (exact) mass is 434 g/mol. The molecule has 9 nitrogen and oxygen atoms in total. The molecule has 0 aliphatic carbocycles. The van der Waals surface area contributed by atoms with Crippen LogP contribution in [0.5, 0.6) is 0 Å². The fourth-order valence-corrected chi connectivity index (χ4v) is 4.22. The smallest absolute Gasteiger partial charge is 0.292 e. The molecule has 3 heterocycles. The number of para-hydroxylation sites is 1. The molecule has 2 aliphatic heterocycles. The maximum absolute atomic E-state index is 13.3. The lowest BCUT2D eigenvalue weighted by Gasteiger charge is -2.38. The lowest BCUT2D eigenvalue weighted by Crippen LogP contribution is -2.42. The zero-order valence-corrected chi connectivity index (χ0v) is 17.3. The van der Waals surface area contributed by atoms with Crippen molar-refractivity contribution >= 4 is 23.0 Å². The van der Waals surface area contributed by atoms with Crippen molar-refractivity contribution in [2.24, 2.45) is 0 Å². The summed E-state index contributed by atoms with van der Waals surface area (Å²) in [5, 5.41) is 15.3. The quantitative estimate of drug-likeness (QED) is 0.482. The van der Waals surface area contributed by atoms with Crippen LogP contribution in [0.25, 0.3) is 0 Å². The molecule has 0 spiro atoms. The molecule has 164 valence electrons. The molecule has 0 saturated carbocycles. The first-order valence-corrected chi connectivity index (χ1v) is 10.4. The molecular weight excluding hydrogens is 412 g/mol. The third-order valence-corrected chi connectivity index (χ3v) is 5.79. The Labute approximate surface area is 184 Å². The number of morpholine rings is 1. The first-order valence-electron chi connectivity index (χ1n) is 10.4. The molecule has 1 fully saturated rings. The van der Waals surface area contributed by atoms with Crippen molar-refractivity contribution in [2.45, 2.75) is 12.7 Å². The molecule has 32 heavy (non-hydrogen) atoms. The van der Waals surface area contributed by atoms with Gasteiger partial charge in [-0.1, -0.05) is 18.2 Å². The fourth-order valence-electron chi connectivity index (χ4n) is 4.22. The number of benzene rings is 2. The van der Waals surface area contributed by atoms with Gasteiger partial charge in [-0.15, -0.1) is 0 Å². The second-order valence-electron chi connectivity index (χ2n) is 7.71. The van der Waals surface area contributed by atoms with E-state index in [1.54, 1.807) is 41.5 Å². The molecule has 1 amide bonds. The number of nitrogens with one attached hydrogen (secondary N) is 1. The van der Waals surface area contributed by atoms with Crippen LogP contribution in [-0.4, -0.2) is 42.0 Å². The molecule has 0 bridgehead atoms. The molecule has 1 aromatic heterocycles. The predicted octanol–water partition coefficient (Wildman–Crippen LogP) is 3.79. The SMILES string of the molecule is O=C1c2ccccc2N[C@@H](c2ccc(N3CCOCC3)c([N+](=O)[O-])c2)N1Cc1ccco1. The summed E-state index contributed by atoms with van der Waals surface area (Å²) >= 11 is 0. The van der Waals surface area contributed by atoms with Crippen molar-refractivity contribution in [3.8, 4) is 0 Å². The third-order valence-electron chi connectivity index (χ3n) is 5.79. The van der Waals surface area contributed by atoms with Crippen LogP contribution in [0.1, 0.15) is 27.8 Å². The van der Waals surface area contributed by atoms with E-state index in [4.69, 9.17) is 9.15 Å². The Morgan fingerprint density at radius 1 is 1.09 bits per heavy atom. The van der Waals surface area contributed by atoms with Gasteiger partial charge < -0.3 is 24.3 Å². The number of nitrogens with zero attached hydrogens (tertiary/aromatic N) is 3. The summed E-state index contributed by atoms with van der Waals surface area (Å²) in [6.45, 7) is 2.49. The van der Waals surface area contributed by atoms with E-state index in [0.29, 0.717) is 54.6 Å². The molecule has 5 rings (SSSR count). The van der Waals surface area contributed by atoms with Crippen LogP contribution in [0.4, 0.5) is 17.1 Å². The number of carbonyl (C=O) groups excluding carboxylic acids is 1. The molecule has 1 saturated heterocycles. The Hall–Kier alpha value is -3.85. The van der Waals surface area contributed by atoms with Crippen LogP contribution < -0.4 is 10.2 Å². The van der Waals surface area contributed by atoms with E-state index >= 15 is 0 Å². The second-order valence-corrected chi connectivity index (χ2v) is 7.71. The highest BCUT2D eigenvalue weighted by Gasteiger charge is 2.35. The van der Waals surface area contributed by atoms with E-state index in [9.17, 15) is 14.9 Å². The summed E-state index contributed by atoms with van der Waals surface area (Å²) < 4.78 is 10.8. The van der Waals surface area contributed by atoms with Crippen molar-refractivity contribution in [2.75, 3.05) is 36.5 Å². The number of hydrogen-bond acceptors (Lipinski definition) is 7. The highest BCUT2D eigenvalue weighted by Crippen LogP contribution is 2.38. The number of ether oxygens (including phenoxy) is 1. The first-order chi connectivity index (χ1) is 15.6. The summed E-state index contributed by atoms with van der Waals surface area (Å²) in [6.07, 6.45) is 0.974. The number of rotatable bonds is 5. The number of anilines is 2. The maximum Gasteiger partial charge on any atom is 0.292 e. The predicted molar refractivity (Wildman–Crippen MR) is 118 cm³/mol. The van der Waals surface area contributed by atoms with Crippen molar-refractivity contribution in [1.29, 1.82) is 0 Å². The molecular formula is C23H22N4O5. The van der Waals surface area contributed by atoms with E-state index in [1.807, 2.05) is 29.2 Å². The summed E-state index contributed by atoms with van der Waals surface area (Å²) in [6, 6.07) is 16.0. The number of amides is 1. The van der Waals surface area contributed by atoms with Gasteiger partial charge in [-0.25, -0.2) is 0 Å². The molecule has 2 aromatic carbocycles. The Morgan fingerprint density at radius 2 is 1.91 bits per heavy atom. The lowest BCUT2D eigenvalue weighted by atomic mass is 10.0. The van der Waals surface area contributed by atoms with Crippen molar-refractivity contribution in [3.05, 3.63) is 87.9 Å². The average molecular weight is 434 g/mol. The van der Waals surface area contributed by atoms with Crippen LogP contribution in [-0.2, 0) is 11.3 Å².